The van der Waals surface area contributed by atoms with Crippen molar-refractivity contribution in [3.05, 3.63) is 33.9 Å². The predicted octanol–water partition coefficient (Wildman–Crippen LogP) is 0.866. The van der Waals surface area contributed by atoms with Crippen LogP contribution >= 0.6 is 0 Å². The van der Waals surface area contributed by atoms with Crippen LogP contribution in [0, 0.1) is 10.1 Å². The zero-order valence-corrected chi connectivity index (χ0v) is 9.13. The van der Waals surface area contributed by atoms with Crippen molar-refractivity contribution in [3.8, 4) is 0 Å². The Bertz CT molecular complexity index is 473. The van der Waals surface area contributed by atoms with E-state index in [-0.39, 0.29) is 24.7 Å². The maximum absolute atomic E-state index is 11.6. The lowest BCUT2D eigenvalue weighted by Crippen LogP contribution is -2.37. The molecule has 1 amide bonds. The van der Waals surface area contributed by atoms with E-state index in [1.54, 1.807) is 6.07 Å². The number of aliphatic hydroxyl groups is 1. The average Bonchev–Trinajstić information content (AvgIpc) is 2.32. The molecular formula is C11H12N2O4. The number of rotatable bonds is 3. The molecule has 0 saturated heterocycles. The number of aryl methyl sites for hydroxylation is 1. The second-order valence-corrected chi connectivity index (χ2v) is 3.84. The number of β-amino-alcohol motifs (C(OH)–C–C–N with tert-alkyl or cyclic N) is 1. The molecule has 0 unspecified atom stereocenters. The molecule has 17 heavy (non-hydrogen) atoms. The van der Waals surface area contributed by atoms with Gasteiger partial charge < -0.3 is 10.0 Å². The third-order valence-electron chi connectivity index (χ3n) is 2.80. The molecule has 1 aliphatic heterocycles. The number of nitro benzene ring substituents is 1. The Kier molecular flexibility index (Phi) is 3.06. The Balaban J connectivity index is 2.40. The van der Waals surface area contributed by atoms with E-state index < -0.39 is 4.92 Å². The van der Waals surface area contributed by atoms with Gasteiger partial charge in [-0.1, -0.05) is 0 Å². The Hall–Kier alpha value is -1.95. The first-order valence-corrected chi connectivity index (χ1v) is 5.32. The standard InChI is InChI=1S/C11H12N2O4/c14-6-5-12-10-3-2-9(13(16)17)7-8(10)1-4-11(12)15/h2-3,7,14H,1,4-6H2. The minimum atomic E-state index is -0.451. The van der Waals surface area contributed by atoms with Crippen LogP contribution in [0.15, 0.2) is 18.2 Å². The predicted molar refractivity (Wildman–Crippen MR) is 60.9 cm³/mol. The van der Waals surface area contributed by atoms with Gasteiger partial charge in [-0.3, -0.25) is 14.9 Å². The highest BCUT2D eigenvalue weighted by molar-refractivity contribution is 5.96. The van der Waals surface area contributed by atoms with Crippen molar-refractivity contribution in [1.29, 1.82) is 0 Å². The summed E-state index contributed by atoms with van der Waals surface area (Å²) in [5.41, 5.74) is 1.48. The first-order chi connectivity index (χ1) is 8.13. The van der Waals surface area contributed by atoms with Crippen LogP contribution in [-0.2, 0) is 11.2 Å². The molecule has 2 rings (SSSR count). The summed E-state index contributed by atoms with van der Waals surface area (Å²) in [6.45, 7) is 0.103. The molecule has 1 N–H and O–H groups in total. The van der Waals surface area contributed by atoms with Crippen molar-refractivity contribution in [2.45, 2.75) is 12.8 Å². The molecule has 0 spiro atoms. The molecule has 0 saturated carbocycles. The molecule has 6 nitrogen and oxygen atoms in total. The van der Waals surface area contributed by atoms with Gasteiger partial charge in [0.05, 0.1) is 11.5 Å². The van der Waals surface area contributed by atoms with E-state index in [1.165, 1.54) is 17.0 Å². The van der Waals surface area contributed by atoms with Crippen LogP contribution in [0.5, 0.6) is 0 Å². The number of aliphatic hydroxyl groups excluding tert-OH is 1. The summed E-state index contributed by atoms with van der Waals surface area (Å²) < 4.78 is 0. The van der Waals surface area contributed by atoms with Gasteiger partial charge in [0, 0.05) is 30.8 Å². The summed E-state index contributed by atoms with van der Waals surface area (Å²) in [5, 5.41) is 19.5. The summed E-state index contributed by atoms with van der Waals surface area (Å²) in [6.07, 6.45) is 0.839. The molecule has 1 aromatic rings. The molecule has 1 aliphatic rings. The maximum atomic E-state index is 11.6. The van der Waals surface area contributed by atoms with E-state index in [4.69, 9.17) is 5.11 Å². The lowest BCUT2D eigenvalue weighted by atomic mass is 10.0. The molecule has 0 aromatic heterocycles. The van der Waals surface area contributed by atoms with Gasteiger partial charge in [-0.2, -0.15) is 0 Å². The number of carbonyl (C=O) groups excluding carboxylic acids is 1. The number of hydrogen-bond acceptors (Lipinski definition) is 4. The fourth-order valence-electron chi connectivity index (χ4n) is 2.01. The van der Waals surface area contributed by atoms with Crippen LogP contribution in [0.3, 0.4) is 0 Å². The molecule has 0 fully saturated rings. The molecule has 0 aliphatic carbocycles. The Labute approximate surface area is 97.6 Å². The summed E-state index contributed by atoms with van der Waals surface area (Å²) in [4.78, 5) is 23.3. The van der Waals surface area contributed by atoms with E-state index in [0.29, 0.717) is 18.5 Å². The van der Waals surface area contributed by atoms with Crippen molar-refractivity contribution in [2.75, 3.05) is 18.1 Å². The van der Waals surface area contributed by atoms with Crippen molar-refractivity contribution in [2.24, 2.45) is 0 Å². The topological polar surface area (TPSA) is 83.7 Å². The molecule has 0 radical (unpaired) electrons. The van der Waals surface area contributed by atoms with Gasteiger partial charge in [0.15, 0.2) is 0 Å². The molecule has 1 heterocycles. The van der Waals surface area contributed by atoms with Gasteiger partial charge in [0.1, 0.15) is 0 Å². The number of fused-ring (bicyclic) bond motifs is 1. The minimum absolute atomic E-state index is 0.0297. The quantitative estimate of drug-likeness (QED) is 0.623. The smallest absolute Gasteiger partial charge is 0.269 e. The van der Waals surface area contributed by atoms with Crippen molar-refractivity contribution < 1.29 is 14.8 Å². The zero-order valence-electron chi connectivity index (χ0n) is 9.13. The fourth-order valence-corrected chi connectivity index (χ4v) is 2.01. The van der Waals surface area contributed by atoms with E-state index in [1.807, 2.05) is 0 Å². The number of nitrogens with zero attached hydrogens (tertiary/aromatic N) is 2. The fraction of sp³-hybridized carbons (Fsp3) is 0.364. The summed E-state index contributed by atoms with van der Waals surface area (Å²) >= 11 is 0. The first kappa shape index (κ1) is 11.5. The van der Waals surface area contributed by atoms with Gasteiger partial charge in [-0.25, -0.2) is 0 Å². The van der Waals surface area contributed by atoms with Gasteiger partial charge in [-0.05, 0) is 18.1 Å². The van der Waals surface area contributed by atoms with Crippen LogP contribution in [0.4, 0.5) is 11.4 Å². The van der Waals surface area contributed by atoms with Crippen molar-refractivity contribution in [1.82, 2.24) is 0 Å². The Morgan fingerprint density at radius 3 is 2.82 bits per heavy atom. The number of non-ortho nitro benzene ring substituents is 1. The third-order valence-corrected chi connectivity index (χ3v) is 2.80. The second kappa shape index (κ2) is 4.50. The highest BCUT2D eigenvalue weighted by atomic mass is 16.6. The molecule has 0 atom stereocenters. The second-order valence-electron chi connectivity index (χ2n) is 3.84. The molecular weight excluding hydrogens is 224 g/mol. The number of hydrogen-bond donors (Lipinski definition) is 1. The third kappa shape index (κ3) is 2.12. The van der Waals surface area contributed by atoms with Crippen LogP contribution in [0.25, 0.3) is 0 Å². The van der Waals surface area contributed by atoms with Gasteiger partial charge in [0.2, 0.25) is 5.91 Å². The number of amides is 1. The van der Waals surface area contributed by atoms with Gasteiger partial charge >= 0.3 is 0 Å². The van der Waals surface area contributed by atoms with Crippen molar-refractivity contribution in [3.63, 3.8) is 0 Å². The minimum Gasteiger partial charge on any atom is -0.395 e. The van der Waals surface area contributed by atoms with Crippen LogP contribution in [0.2, 0.25) is 0 Å². The SMILES string of the molecule is O=C1CCc2cc([N+](=O)[O-])ccc2N1CCO. The maximum Gasteiger partial charge on any atom is 0.269 e. The molecule has 6 heteroatoms. The Morgan fingerprint density at radius 2 is 2.18 bits per heavy atom. The van der Waals surface area contributed by atoms with Crippen LogP contribution < -0.4 is 4.90 Å². The number of nitro groups is 1. The normalized spacial score (nSPS) is 14.6. The lowest BCUT2D eigenvalue weighted by molar-refractivity contribution is -0.384. The number of benzene rings is 1. The summed E-state index contributed by atoms with van der Waals surface area (Å²) in [6, 6.07) is 4.44. The molecule has 1 aromatic carbocycles. The van der Waals surface area contributed by atoms with Gasteiger partial charge in [-0.15, -0.1) is 0 Å². The number of carbonyl (C=O) groups is 1. The van der Waals surface area contributed by atoms with E-state index in [9.17, 15) is 14.9 Å². The monoisotopic (exact) mass is 236 g/mol. The average molecular weight is 236 g/mol. The number of anilines is 1. The van der Waals surface area contributed by atoms with Crippen LogP contribution in [-0.4, -0.2) is 29.1 Å². The zero-order chi connectivity index (χ0) is 12.4. The largest absolute Gasteiger partial charge is 0.395 e. The van der Waals surface area contributed by atoms with E-state index in [2.05, 4.69) is 0 Å². The highest BCUT2D eigenvalue weighted by Crippen LogP contribution is 2.30. The molecule has 90 valence electrons. The van der Waals surface area contributed by atoms with Crippen molar-refractivity contribution >= 4 is 17.3 Å². The Morgan fingerprint density at radius 1 is 1.41 bits per heavy atom. The first-order valence-electron chi connectivity index (χ1n) is 5.32. The van der Waals surface area contributed by atoms with E-state index in [0.717, 1.165) is 5.56 Å². The van der Waals surface area contributed by atoms with Crippen LogP contribution in [0.1, 0.15) is 12.0 Å². The van der Waals surface area contributed by atoms with E-state index >= 15 is 0 Å². The lowest BCUT2D eigenvalue weighted by Gasteiger charge is -2.28. The summed E-state index contributed by atoms with van der Waals surface area (Å²) in [5.74, 6) is -0.0552. The van der Waals surface area contributed by atoms with Gasteiger partial charge in [0.25, 0.3) is 5.69 Å². The highest BCUT2D eigenvalue weighted by Gasteiger charge is 2.25. The summed E-state index contributed by atoms with van der Waals surface area (Å²) in [7, 11) is 0. The molecule has 0 bridgehead atoms.